The zero-order valence-corrected chi connectivity index (χ0v) is 15.7. The van der Waals surface area contributed by atoms with E-state index in [0.29, 0.717) is 0 Å². The Kier molecular flexibility index (Phi) is 7.25. The van der Waals surface area contributed by atoms with E-state index in [9.17, 15) is 0 Å². The Morgan fingerprint density at radius 3 is 1.00 bits per heavy atom. The Hall–Kier alpha value is 0.160. The highest BCUT2D eigenvalue weighted by molar-refractivity contribution is 9.10. The van der Waals surface area contributed by atoms with E-state index in [2.05, 4.69) is 31.9 Å². The van der Waals surface area contributed by atoms with Gasteiger partial charge < -0.3 is 10.2 Å². The molecule has 0 saturated carbocycles. The molecule has 2 N–H and O–H groups in total. The molecule has 0 saturated heterocycles. The molecule has 8 heteroatoms. The molecule has 0 heterocycles. The van der Waals surface area contributed by atoms with Crippen LogP contribution in [0.2, 0.25) is 20.1 Å². The summed E-state index contributed by atoms with van der Waals surface area (Å²) in [6.45, 7) is 0. The molecule has 0 bridgehead atoms. The Morgan fingerprint density at radius 1 is 0.600 bits per heavy atom. The van der Waals surface area contributed by atoms with Crippen molar-refractivity contribution in [3.63, 3.8) is 0 Å². The van der Waals surface area contributed by atoms with Gasteiger partial charge in [-0.15, -0.1) is 0 Å². The fraction of sp³-hybridized carbons (Fsp3) is 0. The standard InChI is InChI=1S/2C6H3BrCl2O/c2*7-3-1-4(8)6(10)5(9)2-3/h2*1-2,10H. The summed E-state index contributed by atoms with van der Waals surface area (Å²) in [5.74, 6) is -0.155. The minimum atomic E-state index is -0.0773. The van der Waals surface area contributed by atoms with Gasteiger partial charge in [-0.05, 0) is 24.3 Å². The minimum Gasteiger partial charge on any atom is -0.505 e. The van der Waals surface area contributed by atoms with Gasteiger partial charge in [-0.1, -0.05) is 78.3 Å². The van der Waals surface area contributed by atoms with Gasteiger partial charge in [0.05, 0.1) is 20.1 Å². The van der Waals surface area contributed by atoms with Crippen LogP contribution in [0.15, 0.2) is 33.2 Å². The fourth-order valence-corrected chi connectivity index (χ4v) is 3.49. The highest BCUT2D eigenvalue weighted by Crippen LogP contribution is 2.35. The summed E-state index contributed by atoms with van der Waals surface area (Å²) in [7, 11) is 0. The number of hydrogen-bond acceptors (Lipinski definition) is 2. The Labute approximate surface area is 152 Å². The molecule has 2 nitrogen and oxygen atoms in total. The first-order chi connectivity index (χ1) is 9.22. The zero-order valence-electron chi connectivity index (χ0n) is 9.47. The summed E-state index contributed by atoms with van der Waals surface area (Å²) in [6, 6.07) is 6.29. The number of hydrogen-bond donors (Lipinski definition) is 2. The van der Waals surface area contributed by atoms with Crippen LogP contribution in [0.5, 0.6) is 11.5 Å². The molecule has 0 fully saturated rings. The lowest BCUT2D eigenvalue weighted by atomic mass is 10.3. The predicted octanol–water partition coefficient (Wildman–Crippen LogP) is 6.92. The van der Waals surface area contributed by atoms with Crippen molar-refractivity contribution < 1.29 is 10.2 Å². The number of rotatable bonds is 0. The predicted molar refractivity (Wildman–Crippen MR) is 91.7 cm³/mol. The highest BCUT2D eigenvalue weighted by Gasteiger charge is 2.04. The summed E-state index contributed by atoms with van der Waals surface area (Å²) in [5, 5.41) is 19.1. The van der Waals surface area contributed by atoms with Gasteiger partial charge in [-0.25, -0.2) is 0 Å². The fourth-order valence-electron chi connectivity index (χ4n) is 1.07. The monoisotopic (exact) mass is 480 g/mol. The molecule has 20 heavy (non-hydrogen) atoms. The topological polar surface area (TPSA) is 40.5 Å². The second-order valence-electron chi connectivity index (χ2n) is 3.44. The molecule has 0 aliphatic heterocycles. The number of benzene rings is 2. The molecular formula is C12H6Br2Cl4O2. The van der Waals surface area contributed by atoms with E-state index in [1.807, 2.05) is 0 Å². The molecular weight excluding hydrogens is 478 g/mol. The molecule has 2 rings (SSSR count). The van der Waals surface area contributed by atoms with E-state index in [1.54, 1.807) is 24.3 Å². The van der Waals surface area contributed by atoms with E-state index in [0.717, 1.165) is 8.95 Å². The van der Waals surface area contributed by atoms with Gasteiger partial charge in [-0.2, -0.15) is 0 Å². The quantitative estimate of drug-likeness (QED) is 0.427. The number of aromatic hydroxyl groups is 2. The van der Waals surface area contributed by atoms with E-state index in [1.165, 1.54) is 0 Å². The van der Waals surface area contributed by atoms with E-state index < -0.39 is 0 Å². The first kappa shape index (κ1) is 18.2. The van der Waals surface area contributed by atoms with Gasteiger partial charge in [0, 0.05) is 8.95 Å². The SMILES string of the molecule is Oc1c(Cl)cc(Br)cc1Cl.Oc1c(Cl)cc(Br)cc1Cl. The van der Waals surface area contributed by atoms with Crippen LogP contribution < -0.4 is 0 Å². The lowest BCUT2D eigenvalue weighted by molar-refractivity contribution is 0.475. The minimum absolute atomic E-state index is 0.0773. The maximum Gasteiger partial charge on any atom is 0.152 e. The van der Waals surface area contributed by atoms with Crippen LogP contribution in [0.1, 0.15) is 0 Å². The van der Waals surface area contributed by atoms with Gasteiger partial charge >= 0.3 is 0 Å². The Morgan fingerprint density at radius 2 is 0.800 bits per heavy atom. The van der Waals surface area contributed by atoms with Crippen molar-refractivity contribution in [1.29, 1.82) is 0 Å². The van der Waals surface area contributed by atoms with Crippen LogP contribution in [0.25, 0.3) is 0 Å². The van der Waals surface area contributed by atoms with Gasteiger partial charge in [0.15, 0.2) is 11.5 Å². The maximum absolute atomic E-state index is 9.05. The van der Waals surface area contributed by atoms with Gasteiger partial charge in [0.1, 0.15) is 0 Å². The molecule has 0 atom stereocenters. The van der Waals surface area contributed by atoms with Gasteiger partial charge in [0.25, 0.3) is 0 Å². The molecule has 0 amide bonds. The van der Waals surface area contributed by atoms with Crippen LogP contribution in [0.3, 0.4) is 0 Å². The van der Waals surface area contributed by atoms with Crippen molar-refractivity contribution in [3.05, 3.63) is 53.3 Å². The third kappa shape index (κ3) is 5.17. The Balaban J connectivity index is 0.000000200. The van der Waals surface area contributed by atoms with Crippen LogP contribution in [-0.2, 0) is 0 Å². The normalized spacial score (nSPS) is 9.90. The number of phenolic OH excluding ortho intramolecular Hbond substituents is 2. The molecule has 2 aromatic rings. The van der Waals surface area contributed by atoms with Crippen molar-refractivity contribution >= 4 is 78.3 Å². The molecule has 0 aliphatic rings. The third-order valence-electron chi connectivity index (χ3n) is 1.96. The number of phenols is 2. The highest BCUT2D eigenvalue weighted by atomic mass is 79.9. The first-order valence-corrected chi connectivity index (χ1v) is 7.99. The molecule has 108 valence electrons. The first-order valence-electron chi connectivity index (χ1n) is 4.89. The molecule has 0 aliphatic carbocycles. The van der Waals surface area contributed by atoms with E-state index in [4.69, 9.17) is 56.6 Å². The molecule has 0 unspecified atom stereocenters. The molecule has 2 aromatic carbocycles. The van der Waals surface area contributed by atoms with Gasteiger partial charge in [0.2, 0.25) is 0 Å². The summed E-state index contributed by atoms with van der Waals surface area (Å²) in [6.07, 6.45) is 0. The van der Waals surface area contributed by atoms with Crippen LogP contribution in [0, 0.1) is 0 Å². The lowest BCUT2D eigenvalue weighted by Gasteiger charge is -1.98. The average molecular weight is 484 g/mol. The van der Waals surface area contributed by atoms with Crippen molar-refractivity contribution in [2.24, 2.45) is 0 Å². The van der Waals surface area contributed by atoms with Crippen LogP contribution >= 0.6 is 78.3 Å². The maximum atomic E-state index is 9.05. The molecule has 0 radical (unpaired) electrons. The van der Waals surface area contributed by atoms with Crippen LogP contribution in [0.4, 0.5) is 0 Å². The van der Waals surface area contributed by atoms with Crippen molar-refractivity contribution in [2.75, 3.05) is 0 Å². The Bertz CT molecular complexity index is 533. The number of halogens is 6. The second kappa shape index (κ2) is 7.97. The van der Waals surface area contributed by atoms with E-state index >= 15 is 0 Å². The van der Waals surface area contributed by atoms with Crippen molar-refractivity contribution in [2.45, 2.75) is 0 Å². The summed E-state index contributed by atoms with van der Waals surface area (Å²) < 4.78 is 1.50. The zero-order chi connectivity index (χ0) is 15.4. The smallest absolute Gasteiger partial charge is 0.152 e. The van der Waals surface area contributed by atoms with Gasteiger partial charge in [-0.3, -0.25) is 0 Å². The molecule has 0 aromatic heterocycles. The average Bonchev–Trinajstić information content (AvgIpc) is 2.33. The van der Waals surface area contributed by atoms with Crippen LogP contribution in [-0.4, -0.2) is 10.2 Å². The summed E-state index contributed by atoms with van der Waals surface area (Å²) >= 11 is 28.6. The lowest BCUT2D eigenvalue weighted by Crippen LogP contribution is -1.71. The summed E-state index contributed by atoms with van der Waals surface area (Å²) in [5.41, 5.74) is 0. The summed E-state index contributed by atoms with van der Waals surface area (Å²) in [4.78, 5) is 0. The van der Waals surface area contributed by atoms with E-state index in [-0.39, 0.29) is 31.6 Å². The second-order valence-corrected chi connectivity index (χ2v) is 6.90. The van der Waals surface area contributed by atoms with Crippen molar-refractivity contribution in [3.8, 4) is 11.5 Å². The molecule has 0 spiro atoms. The largest absolute Gasteiger partial charge is 0.505 e. The van der Waals surface area contributed by atoms with Crippen molar-refractivity contribution in [1.82, 2.24) is 0 Å². The third-order valence-corrected chi connectivity index (χ3v) is 4.03.